The van der Waals surface area contributed by atoms with Gasteiger partial charge in [-0.1, -0.05) is 42.5 Å². The third kappa shape index (κ3) is 7.73. The smallest absolute Gasteiger partial charge is 0.353 e. The average molecular weight is 443 g/mol. The Morgan fingerprint density at radius 1 is 0.781 bits per heavy atom. The number of carbonyl (C=O) groups is 4. The van der Waals surface area contributed by atoms with Crippen LogP contribution in [0.25, 0.3) is 0 Å². The summed E-state index contributed by atoms with van der Waals surface area (Å²) in [5.74, 6) is -3.68. The van der Waals surface area contributed by atoms with Gasteiger partial charge in [-0.25, -0.2) is 4.79 Å². The standard InChI is InChI=1S/C22H25N3O7/c1-13(26)23-17(11-14-5-3-2-4-6-14)19(28)24-18(20(29)25-21(30)22(31)32)12-15-7-9-16(27)10-8-15/h2-10,17-18,21,27,30H,11-12H2,1H3,(H,23,26)(H,24,28)(H,25,29)(H,31,32). The Kier molecular flexibility index (Phi) is 8.72. The summed E-state index contributed by atoms with van der Waals surface area (Å²) < 4.78 is 0. The SMILES string of the molecule is CC(=O)NC(Cc1ccccc1)C(=O)NC(Cc1ccc(O)cc1)C(=O)NC(O)C(=O)O. The highest BCUT2D eigenvalue weighted by molar-refractivity contribution is 5.93. The van der Waals surface area contributed by atoms with Gasteiger partial charge in [0.1, 0.15) is 17.8 Å². The first-order valence-electron chi connectivity index (χ1n) is 9.76. The van der Waals surface area contributed by atoms with Gasteiger partial charge in [0.15, 0.2) is 0 Å². The van der Waals surface area contributed by atoms with Crippen LogP contribution in [0.15, 0.2) is 54.6 Å². The number of phenolic OH excluding ortho intramolecular Hbond substituents is 1. The van der Waals surface area contributed by atoms with Crippen LogP contribution in [0.4, 0.5) is 0 Å². The van der Waals surface area contributed by atoms with Gasteiger partial charge in [0, 0.05) is 19.8 Å². The van der Waals surface area contributed by atoms with Gasteiger partial charge in [0.25, 0.3) is 0 Å². The Balaban J connectivity index is 2.22. The number of hydrogen-bond donors (Lipinski definition) is 6. The molecule has 0 fully saturated rings. The van der Waals surface area contributed by atoms with Crippen LogP contribution in [0.1, 0.15) is 18.1 Å². The van der Waals surface area contributed by atoms with Crippen molar-refractivity contribution in [1.29, 1.82) is 0 Å². The summed E-state index contributed by atoms with van der Waals surface area (Å²) in [5.41, 5.74) is 1.34. The van der Waals surface area contributed by atoms with E-state index in [-0.39, 0.29) is 18.6 Å². The second-order valence-electron chi connectivity index (χ2n) is 7.12. The number of aliphatic carboxylic acids is 1. The molecular formula is C22H25N3O7. The minimum atomic E-state index is -2.16. The fourth-order valence-corrected chi connectivity index (χ4v) is 2.95. The van der Waals surface area contributed by atoms with Crippen LogP contribution in [0.2, 0.25) is 0 Å². The number of carbonyl (C=O) groups excluding carboxylic acids is 3. The summed E-state index contributed by atoms with van der Waals surface area (Å²) in [6.07, 6.45) is -2.04. The third-order valence-electron chi connectivity index (χ3n) is 4.50. The molecule has 3 atom stereocenters. The van der Waals surface area contributed by atoms with E-state index in [2.05, 4.69) is 10.6 Å². The first kappa shape index (κ1) is 24.4. The van der Waals surface area contributed by atoms with Gasteiger partial charge in [-0.3, -0.25) is 14.4 Å². The highest BCUT2D eigenvalue weighted by Crippen LogP contribution is 2.12. The molecule has 6 N–H and O–H groups in total. The van der Waals surface area contributed by atoms with Crippen molar-refractivity contribution >= 4 is 23.7 Å². The second kappa shape index (κ2) is 11.5. The van der Waals surface area contributed by atoms with Gasteiger partial charge in [-0.2, -0.15) is 0 Å². The minimum absolute atomic E-state index is 0.00803. The number of phenols is 1. The van der Waals surface area contributed by atoms with E-state index in [1.807, 2.05) is 11.4 Å². The molecule has 0 aliphatic carbocycles. The number of benzene rings is 2. The molecule has 0 radical (unpaired) electrons. The lowest BCUT2D eigenvalue weighted by Gasteiger charge is -2.23. The second-order valence-corrected chi connectivity index (χ2v) is 7.12. The molecule has 2 aromatic carbocycles. The molecule has 3 unspecified atom stereocenters. The summed E-state index contributed by atoms with van der Waals surface area (Å²) in [4.78, 5) is 48.0. The highest BCUT2D eigenvalue weighted by atomic mass is 16.4. The summed E-state index contributed by atoms with van der Waals surface area (Å²) in [6, 6.07) is 12.6. The van der Waals surface area contributed by atoms with Crippen molar-refractivity contribution in [3.63, 3.8) is 0 Å². The van der Waals surface area contributed by atoms with Gasteiger partial charge in [-0.05, 0) is 23.3 Å². The molecule has 0 spiro atoms. The zero-order valence-corrected chi connectivity index (χ0v) is 17.3. The molecule has 0 aromatic heterocycles. The number of aliphatic hydroxyl groups excluding tert-OH is 1. The minimum Gasteiger partial charge on any atom is -0.508 e. The maximum atomic E-state index is 12.9. The van der Waals surface area contributed by atoms with Crippen LogP contribution < -0.4 is 16.0 Å². The molecule has 0 saturated carbocycles. The summed E-state index contributed by atoms with van der Waals surface area (Å²) in [7, 11) is 0. The molecule has 32 heavy (non-hydrogen) atoms. The maximum Gasteiger partial charge on any atom is 0.353 e. The first-order chi connectivity index (χ1) is 15.2. The quantitative estimate of drug-likeness (QED) is 0.274. The number of aromatic hydroxyl groups is 1. The Morgan fingerprint density at radius 2 is 1.28 bits per heavy atom. The lowest BCUT2D eigenvalue weighted by atomic mass is 10.0. The zero-order valence-electron chi connectivity index (χ0n) is 17.3. The summed E-state index contributed by atoms with van der Waals surface area (Å²) in [5, 5.41) is 34.7. The van der Waals surface area contributed by atoms with E-state index >= 15 is 0 Å². The van der Waals surface area contributed by atoms with Crippen molar-refractivity contribution in [3.8, 4) is 5.75 Å². The Labute approximate surface area is 184 Å². The highest BCUT2D eigenvalue weighted by Gasteiger charge is 2.29. The van der Waals surface area contributed by atoms with Crippen molar-refractivity contribution < 1.29 is 34.5 Å². The predicted octanol–water partition coefficient (Wildman–Crippen LogP) is -0.314. The maximum absolute atomic E-state index is 12.9. The van der Waals surface area contributed by atoms with Crippen LogP contribution in [-0.2, 0) is 32.0 Å². The van der Waals surface area contributed by atoms with Crippen molar-refractivity contribution in [1.82, 2.24) is 16.0 Å². The van der Waals surface area contributed by atoms with Gasteiger partial charge >= 0.3 is 5.97 Å². The van der Waals surface area contributed by atoms with Crippen LogP contribution >= 0.6 is 0 Å². The van der Waals surface area contributed by atoms with Gasteiger partial charge < -0.3 is 31.3 Å². The van der Waals surface area contributed by atoms with Crippen LogP contribution in [0, 0.1) is 0 Å². The third-order valence-corrected chi connectivity index (χ3v) is 4.50. The average Bonchev–Trinajstić information content (AvgIpc) is 2.74. The van der Waals surface area contributed by atoms with E-state index in [1.54, 1.807) is 24.3 Å². The lowest BCUT2D eigenvalue weighted by molar-refractivity contribution is -0.151. The van der Waals surface area contributed by atoms with Crippen molar-refractivity contribution in [2.24, 2.45) is 0 Å². The van der Waals surface area contributed by atoms with Crippen molar-refractivity contribution in [3.05, 3.63) is 65.7 Å². The number of aliphatic hydroxyl groups is 1. The molecule has 0 aliphatic heterocycles. The van der Waals surface area contributed by atoms with E-state index in [4.69, 9.17) is 5.11 Å². The Hall–Kier alpha value is -3.92. The number of carboxylic acid groups (broad SMARTS) is 1. The van der Waals surface area contributed by atoms with E-state index < -0.39 is 42.0 Å². The largest absolute Gasteiger partial charge is 0.508 e. The van der Waals surface area contributed by atoms with Crippen LogP contribution in [0.3, 0.4) is 0 Å². The van der Waals surface area contributed by atoms with E-state index in [9.17, 15) is 29.4 Å². The monoisotopic (exact) mass is 443 g/mol. The van der Waals surface area contributed by atoms with E-state index in [1.165, 1.54) is 31.2 Å². The molecular weight excluding hydrogens is 418 g/mol. The van der Waals surface area contributed by atoms with Gasteiger partial charge in [-0.15, -0.1) is 0 Å². The molecule has 2 aromatic rings. The molecule has 0 aliphatic rings. The number of nitrogens with one attached hydrogen (secondary N) is 3. The van der Waals surface area contributed by atoms with Gasteiger partial charge in [0.05, 0.1) is 0 Å². The fraction of sp³-hybridized carbons (Fsp3) is 0.273. The zero-order chi connectivity index (χ0) is 23.7. The number of rotatable bonds is 10. The molecule has 0 heterocycles. The van der Waals surface area contributed by atoms with Crippen LogP contribution in [0.5, 0.6) is 5.75 Å². The predicted molar refractivity (Wildman–Crippen MR) is 113 cm³/mol. The Morgan fingerprint density at radius 3 is 1.81 bits per heavy atom. The van der Waals surface area contributed by atoms with E-state index in [0.717, 1.165) is 5.56 Å². The van der Waals surface area contributed by atoms with Crippen molar-refractivity contribution in [2.75, 3.05) is 0 Å². The molecule has 10 heteroatoms. The number of hydrogen-bond acceptors (Lipinski definition) is 6. The van der Waals surface area contributed by atoms with E-state index in [0.29, 0.717) is 5.56 Å². The summed E-state index contributed by atoms with van der Waals surface area (Å²) >= 11 is 0. The molecule has 2 rings (SSSR count). The molecule has 170 valence electrons. The topological polar surface area (TPSA) is 165 Å². The molecule has 0 saturated heterocycles. The first-order valence-corrected chi connectivity index (χ1v) is 9.76. The normalized spacial score (nSPS) is 13.3. The molecule has 0 bridgehead atoms. The number of carboxylic acids is 1. The fourth-order valence-electron chi connectivity index (χ4n) is 2.95. The molecule has 3 amide bonds. The molecule has 10 nitrogen and oxygen atoms in total. The van der Waals surface area contributed by atoms with Gasteiger partial charge in [0.2, 0.25) is 23.9 Å². The number of amides is 3. The van der Waals surface area contributed by atoms with Crippen LogP contribution in [-0.4, -0.2) is 57.3 Å². The van der Waals surface area contributed by atoms with Crippen molar-refractivity contribution in [2.45, 2.75) is 38.1 Å². The Bertz CT molecular complexity index is 948. The summed E-state index contributed by atoms with van der Waals surface area (Å²) in [6.45, 7) is 1.26. The lowest BCUT2D eigenvalue weighted by Crippen LogP contribution is -2.56.